The normalized spacial score (nSPS) is 23.6. The summed E-state index contributed by atoms with van der Waals surface area (Å²) in [5, 5.41) is 15.0. The number of aliphatic hydroxyl groups is 1. The number of rotatable bonds is 6. The lowest BCUT2D eigenvalue weighted by atomic mass is 9.93. The third kappa shape index (κ3) is 5.19. The predicted molar refractivity (Wildman–Crippen MR) is 98.4 cm³/mol. The van der Waals surface area contributed by atoms with Crippen molar-refractivity contribution in [3.05, 3.63) is 36.7 Å². The van der Waals surface area contributed by atoms with Gasteiger partial charge in [0.2, 0.25) is 0 Å². The first kappa shape index (κ1) is 17.7. The van der Waals surface area contributed by atoms with Gasteiger partial charge in [0.05, 0.1) is 0 Å². The molecule has 3 N–H and O–H groups in total. The fourth-order valence-corrected chi connectivity index (χ4v) is 3.66. The molecule has 0 bridgehead atoms. The highest BCUT2D eigenvalue weighted by atomic mass is 16.3. The Bertz CT molecular complexity index is 570. The van der Waals surface area contributed by atoms with Gasteiger partial charge in [0.1, 0.15) is 0 Å². The quantitative estimate of drug-likeness (QED) is 0.689. The van der Waals surface area contributed by atoms with Gasteiger partial charge in [-0.1, -0.05) is 12.2 Å². The molecular formula is C19H28N4O2. The van der Waals surface area contributed by atoms with Gasteiger partial charge < -0.3 is 20.6 Å². The highest BCUT2D eigenvalue weighted by Crippen LogP contribution is 2.24. The number of hydrogen-bond acceptors (Lipinski definition) is 4. The fourth-order valence-electron chi connectivity index (χ4n) is 3.66. The van der Waals surface area contributed by atoms with E-state index in [2.05, 4.69) is 32.7 Å². The van der Waals surface area contributed by atoms with Crippen LogP contribution in [0.2, 0.25) is 0 Å². The van der Waals surface area contributed by atoms with Crippen LogP contribution in [0.5, 0.6) is 0 Å². The van der Waals surface area contributed by atoms with Gasteiger partial charge in [-0.25, -0.2) is 4.79 Å². The zero-order valence-electron chi connectivity index (χ0n) is 14.6. The van der Waals surface area contributed by atoms with E-state index >= 15 is 0 Å². The van der Waals surface area contributed by atoms with Gasteiger partial charge in [0, 0.05) is 56.3 Å². The number of aromatic nitrogens is 1. The number of piperidine rings is 1. The number of hydrogen-bond donors (Lipinski definition) is 3. The first-order chi connectivity index (χ1) is 12.2. The van der Waals surface area contributed by atoms with Crippen LogP contribution in [0.3, 0.4) is 0 Å². The smallest absolute Gasteiger partial charge is 0.315 e. The second-order valence-electron chi connectivity index (χ2n) is 6.99. The molecule has 6 nitrogen and oxygen atoms in total. The van der Waals surface area contributed by atoms with Gasteiger partial charge in [-0.3, -0.25) is 4.98 Å². The molecule has 2 heterocycles. The van der Waals surface area contributed by atoms with Crippen LogP contribution in [0.15, 0.2) is 36.7 Å². The molecule has 25 heavy (non-hydrogen) atoms. The Hall–Kier alpha value is -2.08. The molecule has 1 aromatic rings. The first-order valence-electron chi connectivity index (χ1n) is 9.23. The summed E-state index contributed by atoms with van der Waals surface area (Å²) >= 11 is 0. The third-order valence-electron chi connectivity index (χ3n) is 5.20. The summed E-state index contributed by atoms with van der Waals surface area (Å²) in [7, 11) is 0. The molecule has 1 aromatic heterocycles. The number of nitrogens with one attached hydrogen (secondary N) is 2. The van der Waals surface area contributed by atoms with Gasteiger partial charge in [-0.05, 0) is 43.7 Å². The van der Waals surface area contributed by atoms with E-state index in [-0.39, 0.29) is 24.6 Å². The van der Waals surface area contributed by atoms with Gasteiger partial charge in [0.25, 0.3) is 0 Å². The van der Waals surface area contributed by atoms with Crippen molar-refractivity contribution in [3.8, 4) is 0 Å². The maximum absolute atomic E-state index is 11.9. The van der Waals surface area contributed by atoms with Gasteiger partial charge in [-0.2, -0.15) is 0 Å². The minimum atomic E-state index is -0.109. The van der Waals surface area contributed by atoms with Crippen molar-refractivity contribution in [1.29, 1.82) is 0 Å². The molecular weight excluding hydrogens is 316 g/mol. The third-order valence-corrected chi connectivity index (χ3v) is 5.20. The lowest BCUT2D eigenvalue weighted by Crippen LogP contribution is -2.42. The zero-order valence-corrected chi connectivity index (χ0v) is 14.6. The summed E-state index contributed by atoms with van der Waals surface area (Å²) in [4.78, 5) is 18.4. The molecule has 2 amide bonds. The number of carbonyl (C=O) groups is 1. The molecule has 6 heteroatoms. The SMILES string of the molecule is O=C(NCCC1CCN(c2ccncc2)CC1)N[C@@H]1C=C[C@H](CO)C1. The van der Waals surface area contributed by atoms with E-state index in [9.17, 15) is 4.79 Å². The van der Waals surface area contributed by atoms with Crippen LogP contribution in [-0.4, -0.2) is 48.4 Å². The van der Waals surface area contributed by atoms with E-state index in [1.165, 1.54) is 5.69 Å². The lowest BCUT2D eigenvalue weighted by Gasteiger charge is -2.33. The first-order valence-corrected chi connectivity index (χ1v) is 9.23. The van der Waals surface area contributed by atoms with E-state index in [0.717, 1.165) is 38.8 Å². The zero-order chi connectivity index (χ0) is 17.5. The van der Waals surface area contributed by atoms with E-state index in [1.54, 1.807) is 0 Å². The Morgan fingerprint density at radius 3 is 2.68 bits per heavy atom. The standard InChI is InChI=1S/C19H28N4O2/c24-14-16-1-2-17(13-16)22-19(25)21-10-3-15-6-11-23(12-7-15)18-4-8-20-9-5-18/h1-2,4-5,8-9,15-17,24H,3,6-7,10-14H2,(H2,21,22,25)/t16-,17+/m0/s1. The van der Waals surface area contributed by atoms with Crippen molar-refractivity contribution < 1.29 is 9.90 Å². The Morgan fingerprint density at radius 1 is 1.24 bits per heavy atom. The summed E-state index contributed by atoms with van der Waals surface area (Å²) in [6.45, 7) is 2.99. The van der Waals surface area contributed by atoms with Gasteiger partial charge in [0.15, 0.2) is 0 Å². The fraction of sp³-hybridized carbons (Fsp3) is 0.579. The van der Waals surface area contributed by atoms with Crippen molar-refractivity contribution in [2.75, 3.05) is 31.1 Å². The minimum Gasteiger partial charge on any atom is -0.396 e. The number of aliphatic hydroxyl groups excluding tert-OH is 1. The van der Waals surface area contributed by atoms with E-state index in [4.69, 9.17) is 5.11 Å². The van der Waals surface area contributed by atoms with Crippen LogP contribution in [0, 0.1) is 11.8 Å². The monoisotopic (exact) mass is 344 g/mol. The number of pyridine rings is 1. The number of anilines is 1. The van der Waals surface area contributed by atoms with Crippen LogP contribution in [0.1, 0.15) is 25.7 Å². The maximum Gasteiger partial charge on any atom is 0.315 e. The van der Waals surface area contributed by atoms with Crippen molar-refractivity contribution in [2.24, 2.45) is 11.8 Å². The Kier molecular flexibility index (Phi) is 6.28. The molecule has 1 saturated heterocycles. The molecule has 1 aliphatic carbocycles. The largest absolute Gasteiger partial charge is 0.396 e. The van der Waals surface area contributed by atoms with E-state index in [1.807, 2.05) is 24.5 Å². The topological polar surface area (TPSA) is 77.5 Å². The molecule has 3 rings (SSSR count). The Morgan fingerprint density at radius 2 is 2.00 bits per heavy atom. The molecule has 2 atom stereocenters. The summed E-state index contributed by atoms with van der Waals surface area (Å²) in [6, 6.07) is 4.05. The minimum absolute atomic E-state index is 0.0424. The summed E-state index contributed by atoms with van der Waals surface area (Å²) < 4.78 is 0. The number of carbonyl (C=O) groups excluding carboxylic acids is 1. The molecule has 0 unspecified atom stereocenters. The van der Waals surface area contributed by atoms with E-state index < -0.39 is 0 Å². The van der Waals surface area contributed by atoms with Gasteiger partial charge >= 0.3 is 6.03 Å². The summed E-state index contributed by atoms with van der Waals surface area (Å²) in [5.74, 6) is 0.847. The Labute approximate surface area is 149 Å². The molecule has 0 aromatic carbocycles. The lowest BCUT2D eigenvalue weighted by molar-refractivity contribution is 0.230. The predicted octanol–water partition coefficient (Wildman–Crippen LogP) is 1.92. The maximum atomic E-state index is 11.9. The second kappa shape index (κ2) is 8.85. The molecule has 0 radical (unpaired) electrons. The number of amides is 2. The molecule has 0 spiro atoms. The number of nitrogens with zero attached hydrogens (tertiary/aromatic N) is 2. The molecule has 1 aliphatic heterocycles. The van der Waals surface area contributed by atoms with Crippen molar-refractivity contribution in [3.63, 3.8) is 0 Å². The van der Waals surface area contributed by atoms with Gasteiger partial charge in [-0.15, -0.1) is 0 Å². The van der Waals surface area contributed by atoms with Crippen LogP contribution in [0.4, 0.5) is 10.5 Å². The van der Waals surface area contributed by atoms with Crippen molar-refractivity contribution in [1.82, 2.24) is 15.6 Å². The molecule has 136 valence electrons. The molecule has 2 aliphatic rings. The van der Waals surface area contributed by atoms with Crippen LogP contribution < -0.4 is 15.5 Å². The molecule has 0 saturated carbocycles. The summed E-state index contributed by atoms with van der Waals surface area (Å²) in [6.07, 6.45) is 11.8. The number of urea groups is 1. The molecule has 1 fully saturated rings. The highest BCUT2D eigenvalue weighted by Gasteiger charge is 2.21. The van der Waals surface area contributed by atoms with Crippen molar-refractivity contribution >= 4 is 11.7 Å². The van der Waals surface area contributed by atoms with E-state index in [0.29, 0.717) is 12.5 Å². The average Bonchev–Trinajstić information content (AvgIpc) is 3.10. The highest BCUT2D eigenvalue weighted by molar-refractivity contribution is 5.74. The van der Waals surface area contributed by atoms with Crippen LogP contribution in [0.25, 0.3) is 0 Å². The van der Waals surface area contributed by atoms with Crippen molar-refractivity contribution in [2.45, 2.75) is 31.7 Å². The average molecular weight is 344 g/mol. The van der Waals surface area contributed by atoms with Crippen LogP contribution >= 0.6 is 0 Å². The Balaban J connectivity index is 1.30. The second-order valence-corrected chi connectivity index (χ2v) is 6.99. The summed E-state index contributed by atoms with van der Waals surface area (Å²) in [5.41, 5.74) is 1.25. The van der Waals surface area contributed by atoms with Crippen LogP contribution in [-0.2, 0) is 0 Å².